The molecule has 0 bridgehead atoms. The average molecular weight is 322 g/mol. The minimum Gasteiger partial charge on any atom is -0.382 e. The topological polar surface area (TPSA) is 80.0 Å². The molecule has 4 N–H and O–H groups in total. The van der Waals surface area contributed by atoms with Crippen LogP contribution in [0.25, 0.3) is 0 Å². The predicted octanol–water partition coefficient (Wildman–Crippen LogP) is 2.76. The van der Waals surface area contributed by atoms with Gasteiger partial charge in [-0.25, -0.2) is 4.98 Å². The van der Waals surface area contributed by atoms with Crippen molar-refractivity contribution in [3.63, 3.8) is 0 Å². The van der Waals surface area contributed by atoms with Crippen molar-refractivity contribution in [1.29, 1.82) is 0 Å². The van der Waals surface area contributed by atoms with Gasteiger partial charge >= 0.3 is 6.18 Å². The Bertz CT molecular complexity index is 499. The van der Waals surface area contributed by atoms with Crippen LogP contribution in [0.2, 0.25) is 0 Å². The van der Waals surface area contributed by atoms with Crippen LogP contribution in [0.1, 0.15) is 41.8 Å². The fourth-order valence-corrected chi connectivity index (χ4v) is 2.73. The molecule has 0 spiro atoms. The monoisotopic (exact) mass is 322 g/mol. The van der Waals surface area contributed by atoms with E-state index in [2.05, 4.69) is 15.6 Å². The quantitative estimate of drug-likeness (QED) is 0.704. The molecular formula is C12H17F3N4OS. The second-order valence-corrected chi connectivity index (χ2v) is 5.98. The lowest BCUT2D eigenvalue weighted by Gasteiger charge is -2.25. The van der Waals surface area contributed by atoms with Crippen LogP contribution in [0.4, 0.5) is 24.1 Å². The molecular weight excluding hydrogens is 305 g/mol. The number of nitrogens with zero attached hydrogens (tertiary/aromatic N) is 1. The van der Waals surface area contributed by atoms with Crippen molar-refractivity contribution in [3.8, 4) is 0 Å². The minimum absolute atomic E-state index is 0.0406. The van der Waals surface area contributed by atoms with Crippen molar-refractivity contribution < 1.29 is 18.0 Å². The molecule has 21 heavy (non-hydrogen) atoms. The zero-order valence-corrected chi connectivity index (χ0v) is 12.1. The molecule has 0 unspecified atom stereocenters. The zero-order chi connectivity index (χ0) is 15.5. The van der Waals surface area contributed by atoms with Gasteiger partial charge in [-0.05, 0) is 25.7 Å². The molecule has 1 aliphatic rings. The fraction of sp³-hybridized carbons (Fsp3) is 0.667. The largest absolute Gasteiger partial charge is 0.389 e. The molecule has 1 heterocycles. The Kier molecular flexibility index (Phi) is 4.92. The Balaban J connectivity index is 1.81. The van der Waals surface area contributed by atoms with Crippen molar-refractivity contribution in [1.82, 2.24) is 10.3 Å². The Labute approximate surface area is 124 Å². The lowest BCUT2D eigenvalue weighted by atomic mass is 9.93. The van der Waals surface area contributed by atoms with Gasteiger partial charge in [0.1, 0.15) is 10.7 Å². The van der Waals surface area contributed by atoms with Gasteiger partial charge in [-0.15, -0.1) is 0 Å². The van der Waals surface area contributed by atoms with Crippen molar-refractivity contribution in [2.24, 2.45) is 0 Å². The van der Waals surface area contributed by atoms with E-state index in [-0.39, 0.29) is 23.7 Å². The van der Waals surface area contributed by atoms with Gasteiger partial charge in [0.05, 0.1) is 0 Å². The summed E-state index contributed by atoms with van der Waals surface area (Å²) in [6.07, 6.45) is -1.96. The number of rotatable bonds is 6. The van der Waals surface area contributed by atoms with Crippen molar-refractivity contribution in [2.75, 3.05) is 17.6 Å². The van der Waals surface area contributed by atoms with Crippen molar-refractivity contribution in [3.05, 3.63) is 4.88 Å². The number of aromatic nitrogens is 1. The third-order valence-corrected chi connectivity index (χ3v) is 4.22. The van der Waals surface area contributed by atoms with Crippen molar-refractivity contribution in [2.45, 2.75) is 44.3 Å². The number of nitrogens with two attached hydrogens (primary N) is 1. The molecule has 1 aromatic heterocycles. The number of thiazole rings is 1. The van der Waals surface area contributed by atoms with Gasteiger partial charge in [-0.3, -0.25) is 4.79 Å². The second kappa shape index (κ2) is 6.50. The number of halogens is 3. The summed E-state index contributed by atoms with van der Waals surface area (Å²) in [6.45, 7) is -0.0406. The molecule has 1 aromatic rings. The summed E-state index contributed by atoms with van der Waals surface area (Å²) in [4.78, 5) is 16.1. The number of anilines is 2. The molecule has 2 rings (SSSR count). The van der Waals surface area contributed by atoms with Crippen LogP contribution in [0.15, 0.2) is 0 Å². The molecule has 0 atom stereocenters. The Morgan fingerprint density at radius 1 is 1.43 bits per heavy atom. The van der Waals surface area contributed by atoms with E-state index in [0.717, 1.165) is 24.2 Å². The highest BCUT2D eigenvalue weighted by molar-refractivity contribution is 7.18. The molecule has 5 nitrogen and oxygen atoms in total. The number of hydrogen-bond acceptors (Lipinski definition) is 5. The Hall–Kier alpha value is -1.51. The molecule has 118 valence electrons. The number of nitrogens with one attached hydrogen (secondary N) is 2. The summed E-state index contributed by atoms with van der Waals surface area (Å²) in [5.41, 5.74) is 5.67. The Morgan fingerprint density at radius 3 is 2.71 bits per heavy atom. The maximum atomic E-state index is 12.0. The van der Waals surface area contributed by atoms with Crippen LogP contribution in [-0.2, 0) is 0 Å². The number of nitrogen functional groups attached to an aromatic ring is 1. The van der Waals surface area contributed by atoms with E-state index < -0.39 is 18.5 Å². The van der Waals surface area contributed by atoms with Crippen LogP contribution < -0.4 is 16.4 Å². The van der Waals surface area contributed by atoms with E-state index in [1.54, 1.807) is 0 Å². The summed E-state index contributed by atoms with van der Waals surface area (Å²) in [5, 5.41) is 6.19. The smallest absolute Gasteiger partial charge is 0.382 e. The number of carbonyl (C=O) groups excluding carboxylic acids is 1. The lowest BCUT2D eigenvalue weighted by Crippen LogP contribution is -2.26. The van der Waals surface area contributed by atoms with Gasteiger partial charge in [-0.1, -0.05) is 11.3 Å². The maximum absolute atomic E-state index is 12.0. The number of alkyl halides is 3. The van der Waals surface area contributed by atoms with Crippen LogP contribution in [0.5, 0.6) is 0 Å². The molecule has 1 saturated carbocycles. The first-order valence-electron chi connectivity index (χ1n) is 6.73. The molecule has 1 aliphatic carbocycles. The highest BCUT2D eigenvalue weighted by Crippen LogP contribution is 2.29. The number of amides is 1. The predicted molar refractivity (Wildman–Crippen MR) is 75.4 cm³/mol. The third-order valence-electron chi connectivity index (χ3n) is 3.21. The van der Waals surface area contributed by atoms with Gasteiger partial charge in [0.15, 0.2) is 5.13 Å². The van der Waals surface area contributed by atoms with E-state index in [9.17, 15) is 18.0 Å². The van der Waals surface area contributed by atoms with E-state index in [1.807, 2.05) is 0 Å². The summed E-state index contributed by atoms with van der Waals surface area (Å²) in [5.74, 6) is -0.371. The van der Waals surface area contributed by atoms with Gasteiger partial charge in [-0.2, -0.15) is 13.2 Å². The summed E-state index contributed by atoms with van der Waals surface area (Å²) < 4.78 is 35.9. The van der Waals surface area contributed by atoms with Gasteiger partial charge in [0, 0.05) is 19.0 Å². The standard InChI is InChI=1S/C12H17F3N4OS/c13-12(14,15)5-2-6-17-10(20)8-9(16)19-11(21-8)18-7-3-1-4-7/h7H,1-6,16H2,(H,17,20)(H,18,19). The van der Waals surface area contributed by atoms with E-state index in [0.29, 0.717) is 11.2 Å². The second-order valence-electron chi connectivity index (χ2n) is 4.98. The molecule has 1 fully saturated rings. The normalized spacial score (nSPS) is 15.6. The summed E-state index contributed by atoms with van der Waals surface area (Å²) in [7, 11) is 0. The van der Waals surface area contributed by atoms with Crippen LogP contribution in [-0.4, -0.2) is 29.7 Å². The van der Waals surface area contributed by atoms with Crippen LogP contribution >= 0.6 is 11.3 Å². The van der Waals surface area contributed by atoms with Crippen molar-refractivity contribution >= 4 is 28.2 Å². The molecule has 9 heteroatoms. The lowest BCUT2D eigenvalue weighted by molar-refractivity contribution is -0.135. The third kappa shape index (κ3) is 4.76. The first-order chi connectivity index (χ1) is 9.85. The zero-order valence-electron chi connectivity index (χ0n) is 11.3. The van der Waals surface area contributed by atoms with Gasteiger partial charge in [0.2, 0.25) is 0 Å². The van der Waals surface area contributed by atoms with Crippen LogP contribution in [0, 0.1) is 0 Å². The first-order valence-corrected chi connectivity index (χ1v) is 7.54. The number of hydrogen-bond donors (Lipinski definition) is 3. The summed E-state index contributed by atoms with van der Waals surface area (Å²) in [6, 6.07) is 0.373. The SMILES string of the molecule is Nc1nc(NC2CCC2)sc1C(=O)NCCCC(F)(F)F. The molecule has 0 aromatic carbocycles. The van der Waals surface area contributed by atoms with E-state index in [1.165, 1.54) is 6.42 Å². The van der Waals surface area contributed by atoms with E-state index >= 15 is 0 Å². The first kappa shape index (κ1) is 15.9. The fourth-order valence-electron chi connectivity index (χ4n) is 1.85. The Morgan fingerprint density at radius 2 is 2.14 bits per heavy atom. The molecule has 1 amide bonds. The molecule has 0 saturated heterocycles. The summed E-state index contributed by atoms with van der Waals surface area (Å²) >= 11 is 1.13. The van der Waals surface area contributed by atoms with E-state index in [4.69, 9.17) is 5.73 Å². The number of carbonyl (C=O) groups is 1. The minimum atomic E-state index is -4.20. The highest BCUT2D eigenvalue weighted by Gasteiger charge is 2.26. The van der Waals surface area contributed by atoms with Gasteiger partial charge < -0.3 is 16.4 Å². The van der Waals surface area contributed by atoms with Gasteiger partial charge in [0.25, 0.3) is 5.91 Å². The molecule has 0 aliphatic heterocycles. The highest BCUT2D eigenvalue weighted by atomic mass is 32.1. The molecule has 0 radical (unpaired) electrons. The maximum Gasteiger partial charge on any atom is 0.389 e. The van der Waals surface area contributed by atoms with Crippen LogP contribution in [0.3, 0.4) is 0 Å². The average Bonchev–Trinajstić information content (AvgIpc) is 2.69.